The first-order chi connectivity index (χ1) is 22.8. The second-order valence-corrected chi connectivity index (χ2v) is 13.9. The second kappa shape index (κ2) is 16.0. The zero-order valence-electron chi connectivity index (χ0n) is 26.2. The minimum Gasteiger partial charge on any atom is -0.486 e. The number of hydrogen-bond donors (Lipinski definition) is 1. The van der Waals surface area contributed by atoms with Crippen molar-refractivity contribution in [2.45, 2.75) is 43.7 Å². The van der Waals surface area contributed by atoms with Crippen molar-refractivity contribution in [2.75, 3.05) is 30.6 Å². The van der Waals surface area contributed by atoms with Gasteiger partial charge in [-0.05, 0) is 53.9 Å². The Morgan fingerprint density at radius 2 is 1.53 bits per heavy atom. The standard InChI is InChI=1S/C36H38BrN3O6S/c1-2-3-19-38-36(42)32(23-27-11-6-4-7-12-27)39(25-28-13-10-14-29(37)22-28)35(41)26-40(47(43,44)31-15-8-5-9-16-31)30-17-18-33-34(24-30)46-21-20-45-33/h4-18,22,24,32H,2-3,19-21,23,25-26H2,1H3,(H,38,42). The van der Waals surface area contributed by atoms with E-state index in [0.717, 1.165) is 32.7 Å². The Morgan fingerprint density at radius 3 is 2.23 bits per heavy atom. The summed E-state index contributed by atoms with van der Waals surface area (Å²) in [6.45, 7) is 2.72. The molecule has 1 heterocycles. The molecule has 2 amide bonds. The minimum absolute atomic E-state index is 0.0272. The highest BCUT2D eigenvalue weighted by Crippen LogP contribution is 2.36. The highest BCUT2D eigenvalue weighted by atomic mass is 79.9. The molecule has 0 radical (unpaired) electrons. The van der Waals surface area contributed by atoms with Gasteiger partial charge in [0.05, 0.1) is 10.6 Å². The average Bonchev–Trinajstić information content (AvgIpc) is 3.09. The maximum Gasteiger partial charge on any atom is 0.264 e. The van der Waals surface area contributed by atoms with Gasteiger partial charge in [-0.1, -0.05) is 89.9 Å². The average molecular weight is 721 g/mol. The lowest BCUT2D eigenvalue weighted by Gasteiger charge is -2.34. The number of halogens is 1. The molecule has 1 aliphatic rings. The Balaban J connectivity index is 1.57. The highest BCUT2D eigenvalue weighted by Gasteiger charge is 2.35. The number of carbonyl (C=O) groups excluding carboxylic acids is 2. The maximum absolute atomic E-state index is 14.6. The Kier molecular flexibility index (Phi) is 11.6. The van der Waals surface area contributed by atoms with Crippen molar-refractivity contribution < 1.29 is 27.5 Å². The first kappa shape index (κ1) is 34.0. The molecule has 5 rings (SSSR count). The van der Waals surface area contributed by atoms with E-state index in [9.17, 15) is 18.0 Å². The fourth-order valence-corrected chi connectivity index (χ4v) is 7.20. The van der Waals surface area contributed by atoms with Crippen molar-refractivity contribution in [2.24, 2.45) is 0 Å². The molecule has 9 nitrogen and oxygen atoms in total. The number of hydrogen-bond acceptors (Lipinski definition) is 6. The number of carbonyl (C=O) groups is 2. The van der Waals surface area contributed by atoms with Crippen LogP contribution in [0.2, 0.25) is 0 Å². The summed E-state index contributed by atoms with van der Waals surface area (Å²) < 4.78 is 41.8. The number of sulfonamides is 1. The monoisotopic (exact) mass is 719 g/mol. The van der Waals surface area contributed by atoms with Crippen molar-refractivity contribution in [1.82, 2.24) is 10.2 Å². The fourth-order valence-electron chi connectivity index (χ4n) is 5.33. The van der Waals surface area contributed by atoms with Crippen molar-refractivity contribution in [3.63, 3.8) is 0 Å². The van der Waals surface area contributed by atoms with Crippen molar-refractivity contribution in [3.05, 3.63) is 119 Å². The third kappa shape index (κ3) is 8.72. The SMILES string of the molecule is CCCCNC(=O)C(Cc1ccccc1)N(Cc1cccc(Br)c1)C(=O)CN(c1ccc2c(c1)OCCO2)S(=O)(=O)c1ccccc1. The van der Waals surface area contributed by atoms with Gasteiger partial charge in [-0.2, -0.15) is 0 Å². The summed E-state index contributed by atoms with van der Waals surface area (Å²) in [4.78, 5) is 30.0. The molecule has 4 aromatic carbocycles. The van der Waals surface area contributed by atoms with E-state index in [2.05, 4.69) is 21.2 Å². The van der Waals surface area contributed by atoms with Crippen LogP contribution in [-0.4, -0.2) is 57.5 Å². The van der Waals surface area contributed by atoms with Crippen LogP contribution < -0.4 is 19.1 Å². The summed E-state index contributed by atoms with van der Waals surface area (Å²) in [6.07, 6.45) is 1.93. The van der Waals surface area contributed by atoms with Gasteiger partial charge in [-0.15, -0.1) is 0 Å². The lowest BCUT2D eigenvalue weighted by Crippen LogP contribution is -2.53. The Hall–Kier alpha value is -4.35. The van der Waals surface area contributed by atoms with Gasteiger partial charge >= 0.3 is 0 Å². The van der Waals surface area contributed by atoms with E-state index in [4.69, 9.17) is 9.47 Å². The van der Waals surface area contributed by atoms with Crippen LogP contribution in [0.25, 0.3) is 0 Å². The number of amides is 2. The summed E-state index contributed by atoms with van der Waals surface area (Å²) in [5, 5.41) is 3.01. The van der Waals surface area contributed by atoms with Gasteiger partial charge in [0.25, 0.3) is 10.0 Å². The first-order valence-electron chi connectivity index (χ1n) is 15.6. The van der Waals surface area contributed by atoms with Crippen LogP contribution in [0.1, 0.15) is 30.9 Å². The number of anilines is 1. The summed E-state index contributed by atoms with van der Waals surface area (Å²) >= 11 is 3.51. The van der Waals surface area contributed by atoms with E-state index in [1.165, 1.54) is 17.0 Å². The van der Waals surface area contributed by atoms with E-state index >= 15 is 0 Å². The van der Waals surface area contributed by atoms with Crippen LogP contribution in [-0.2, 0) is 32.6 Å². The first-order valence-corrected chi connectivity index (χ1v) is 17.8. The van der Waals surface area contributed by atoms with Gasteiger partial charge in [0.2, 0.25) is 11.8 Å². The molecule has 1 N–H and O–H groups in total. The second-order valence-electron chi connectivity index (χ2n) is 11.2. The molecule has 0 aromatic heterocycles. The molecule has 47 heavy (non-hydrogen) atoms. The predicted molar refractivity (Wildman–Crippen MR) is 185 cm³/mol. The van der Waals surface area contributed by atoms with E-state index in [1.54, 1.807) is 36.4 Å². The number of fused-ring (bicyclic) bond motifs is 1. The smallest absolute Gasteiger partial charge is 0.264 e. The van der Waals surface area contributed by atoms with Crippen LogP contribution in [0.15, 0.2) is 112 Å². The summed E-state index contributed by atoms with van der Waals surface area (Å²) in [5.41, 5.74) is 1.89. The topological polar surface area (TPSA) is 105 Å². The Labute approximate surface area is 284 Å². The molecule has 0 fully saturated rings. The van der Waals surface area contributed by atoms with Crippen LogP contribution in [0.4, 0.5) is 5.69 Å². The molecule has 1 atom stereocenters. The predicted octanol–water partition coefficient (Wildman–Crippen LogP) is 5.97. The van der Waals surface area contributed by atoms with Crippen LogP contribution >= 0.6 is 15.9 Å². The Morgan fingerprint density at radius 1 is 0.851 bits per heavy atom. The fraction of sp³-hybridized carbons (Fsp3) is 0.278. The molecule has 246 valence electrons. The van der Waals surface area contributed by atoms with Gasteiger partial charge < -0.3 is 19.7 Å². The lowest BCUT2D eigenvalue weighted by molar-refractivity contribution is -0.140. The molecule has 1 unspecified atom stereocenters. The molecule has 0 saturated carbocycles. The zero-order chi connectivity index (χ0) is 33.2. The minimum atomic E-state index is -4.23. The van der Waals surface area contributed by atoms with E-state index in [1.807, 2.05) is 61.5 Å². The number of benzene rings is 4. The number of ether oxygens (including phenoxy) is 2. The van der Waals surface area contributed by atoms with E-state index in [0.29, 0.717) is 31.3 Å². The quantitative estimate of drug-likeness (QED) is 0.161. The third-order valence-electron chi connectivity index (χ3n) is 7.77. The molecule has 11 heteroatoms. The normalized spacial score (nSPS) is 13.0. The molecular formula is C36H38BrN3O6S. The molecule has 0 spiro atoms. The largest absolute Gasteiger partial charge is 0.486 e. The van der Waals surface area contributed by atoms with E-state index in [-0.39, 0.29) is 29.5 Å². The summed E-state index contributed by atoms with van der Waals surface area (Å²) in [6, 6.07) is 28.8. The summed E-state index contributed by atoms with van der Waals surface area (Å²) in [7, 11) is -4.23. The molecule has 4 aromatic rings. The van der Waals surface area contributed by atoms with E-state index < -0.39 is 28.5 Å². The molecule has 0 aliphatic carbocycles. The molecule has 0 bridgehead atoms. The van der Waals surface area contributed by atoms with Crippen LogP contribution in [0.5, 0.6) is 11.5 Å². The lowest BCUT2D eigenvalue weighted by atomic mass is 10.0. The highest BCUT2D eigenvalue weighted by molar-refractivity contribution is 9.10. The van der Waals surface area contributed by atoms with Gasteiger partial charge in [0.1, 0.15) is 25.8 Å². The van der Waals surface area contributed by atoms with Gasteiger partial charge in [-0.25, -0.2) is 8.42 Å². The number of unbranched alkanes of at least 4 members (excludes halogenated alkanes) is 1. The van der Waals surface area contributed by atoms with Gasteiger partial charge in [-0.3, -0.25) is 13.9 Å². The van der Waals surface area contributed by atoms with Crippen molar-refractivity contribution in [3.8, 4) is 11.5 Å². The van der Waals surface area contributed by atoms with Crippen LogP contribution in [0.3, 0.4) is 0 Å². The van der Waals surface area contributed by atoms with Gasteiger partial charge in [0.15, 0.2) is 11.5 Å². The number of rotatable bonds is 14. The Bertz CT molecular complexity index is 1770. The van der Waals surface area contributed by atoms with Gasteiger partial charge in [0, 0.05) is 30.0 Å². The zero-order valence-corrected chi connectivity index (χ0v) is 28.6. The summed E-state index contributed by atoms with van der Waals surface area (Å²) in [5.74, 6) is 0.0393. The third-order valence-corrected chi connectivity index (χ3v) is 10.0. The van der Waals surface area contributed by atoms with Crippen molar-refractivity contribution >= 4 is 43.5 Å². The molecule has 0 saturated heterocycles. The molecule has 1 aliphatic heterocycles. The molecular weight excluding hydrogens is 682 g/mol. The van der Waals surface area contributed by atoms with Crippen molar-refractivity contribution in [1.29, 1.82) is 0 Å². The number of nitrogens with zero attached hydrogens (tertiary/aromatic N) is 2. The maximum atomic E-state index is 14.6. The number of nitrogens with one attached hydrogen (secondary N) is 1. The van der Waals surface area contributed by atoms with Crippen LogP contribution in [0, 0.1) is 0 Å².